The zero-order valence-corrected chi connectivity index (χ0v) is 13.9. The van der Waals surface area contributed by atoms with Crippen LogP contribution in [0.3, 0.4) is 0 Å². The molecule has 0 aliphatic rings. The average Bonchev–Trinajstić information content (AvgIpc) is 2.45. The largest absolute Gasteiger partial charge is 0.370 e. The third-order valence-corrected chi connectivity index (χ3v) is 2.38. The molecular weight excluding hydrogens is 266 g/mol. The van der Waals surface area contributed by atoms with E-state index in [1.807, 2.05) is 0 Å². The van der Waals surface area contributed by atoms with Gasteiger partial charge < -0.3 is 16.4 Å². The lowest BCUT2D eigenvalue weighted by molar-refractivity contribution is -0.121. The van der Waals surface area contributed by atoms with Crippen LogP contribution in [0.4, 0.5) is 0 Å². The molecule has 0 radical (unpaired) electrons. The molecule has 0 spiro atoms. The number of carbonyl (C=O) groups is 2. The van der Waals surface area contributed by atoms with Crippen molar-refractivity contribution in [1.29, 1.82) is 0 Å². The quantitative estimate of drug-likeness (QED) is 0.425. The second kappa shape index (κ2) is 23.5. The molecule has 5 nitrogen and oxygen atoms in total. The number of nitrogens with one attached hydrogen (secondary N) is 2. The zero-order chi connectivity index (χ0) is 16.9. The van der Waals surface area contributed by atoms with Crippen LogP contribution in [0.5, 0.6) is 0 Å². The minimum absolute atomic E-state index is 0.199. The minimum atomic E-state index is -0.333. The molecule has 0 rings (SSSR count). The normalized spacial score (nSPS) is 8.62. The van der Waals surface area contributed by atoms with Crippen LogP contribution in [0.2, 0.25) is 0 Å². The highest BCUT2D eigenvalue weighted by molar-refractivity contribution is 5.75. The van der Waals surface area contributed by atoms with E-state index in [2.05, 4.69) is 43.1 Å². The highest BCUT2D eigenvalue weighted by Crippen LogP contribution is 2.04. The maximum Gasteiger partial charge on any atom is 0.220 e. The molecule has 124 valence electrons. The molecule has 2 amide bonds. The number of likely N-dealkylation sites (N-methyl/N-ethyl adjacent to an activating group) is 1. The van der Waals surface area contributed by atoms with Crippen molar-refractivity contribution in [3.8, 4) is 12.8 Å². The topological polar surface area (TPSA) is 84.2 Å². The van der Waals surface area contributed by atoms with Gasteiger partial charge in [0.2, 0.25) is 11.8 Å². The van der Waals surface area contributed by atoms with E-state index in [1.165, 1.54) is 32.6 Å². The van der Waals surface area contributed by atoms with Gasteiger partial charge in [0.25, 0.3) is 0 Å². The Morgan fingerprint density at radius 2 is 1.52 bits per heavy atom. The Hall–Kier alpha value is -1.54. The second-order valence-corrected chi connectivity index (χ2v) is 4.48. The van der Waals surface area contributed by atoms with E-state index < -0.39 is 0 Å². The van der Waals surface area contributed by atoms with Gasteiger partial charge in [0.05, 0.1) is 0 Å². The Kier molecular flexibility index (Phi) is 27.4. The fraction of sp³-hybridized carbons (Fsp3) is 0.750. The molecule has 0 bridgehead atoms. The number of terminal acetylenes is 1. The van der Waals surface area contributed by atoms with E-state index in [1.54, 1.807) is 0 Å². The van der Waals surface area contributed by atoms with Gasteiger partial charge in [-0.05, 0) is 13.0 Å². The first-order chi connectivity index (χ1) is 10.0. The Morgan fingerprint density at radius 1 is 1.00 bits per heavy atom. The monoisotopic (exact) mass is 299 g/mol. The number of hydrogen-bond donors (Lipinski definition) is 3. The SMILES string of the molecule is C#C.CC(N)=O.CCCCCCCC(=O)NCCNCC. The van der Waals surface area contributed by atoms with Crippen molar-refractivity contribution in [3.05, 3.63) is 0 Å². The Morgan fingerprint density at radius 3 is 2.00 bits per heavy atom. The molecule has 0 aromatic carbocycles. The lowest BCUT2D eigenvalue weighted by atomic mass is 10.1. The van der Waals surface area contributed by atoms with Gasteiger partial charge in [-0.3, -0.25) is 9.59 Å². The summed E-state index contributed by atoms with van der Waals surface area (Å²) in [6, 6.07) is 0. The van der Waals surface area contributed by atoms with E-state index in [-0.39, 0.29) is 11.8 Å². The van der Waals surface area contributed by atoms with Gasteiger partial charge in [-0.2, -0.15) is 0 Å². The number of hydrogen-bond acceptors (Lipinski definition) is 3. The zero-order valence-electron chi connectivity index (χ0n) is 13.9. The van der Waals surface area contributed by atoms with Crippen molar-refractivity contribution in [2.24, 2.45) is 5.73 Å². The van der Waals surface area contributed by atoms with Crippen molar-refractivity contribution in [1.82, 2.24) is 10.6 Å². The first-order valence-electron chi connectivity index (χ1n) is 7.61. The molecule has 0 heterocycles. The van der Waals surface area contributed by atoms with Crippen LogP contribution in [0.15, 0.2) is 0 Å². The fourth-order valence-electron chi connectivity index (χ4n) is 1.44. The summed E-state index contributed by atoms with van der Waals surface area (Å²) >= 11 is 0. The Balaban J connectivity index is -0.000000461. The Labute approximate surface area is 130 Å². The van der Waals surface area contributed by atoms with Gasteiger partial charge in [-0.25, -0.2) is 0 Å². The van der Waals surface area contributed by atoms with Gasteiger partial charge in [-0.15, -0.1) is 12.8 Å². The van der Waals surface area contributed by atoms with E-state index in [0.717, 1.165) is 26.1 Å². The van der Waals surface area contributed by atoms with Crippen molar-refractivity contribution in [3.63, 3.8) is 0 Å². The Bertz CT molecular complexity index is 249. The standard InChI is InChI=1S/C12H26N2O.C2H5NO.C2H2/c1-3-5-6-7-8-9-12(15)14-11-10-13-4-2;1-2(3)4;1-2/h13H,3-11H2,1-2H3,(H,14,15);1H3,(H2,3,4);1-2H. The van der Waals surface area contributed by atoms with Crippen LogP contribution < -0.4 is 16.4 Å². The summed E-state index contributed by atoms with van der Waals surface area (Å²) < 4.78 is 0. The molecule has 0 aromatic heterocycles. The maximum absolute atomic E-state index is 11.3. The number of rotatable bonds is 10. The van der Waals surface area contributed by atoms with Gasteiger partial charge in [0.1, 0.15) is 0 Å². The molecule has 0 saturated carbocycles. The van der Waals surface area contributed by atoms with E-state index in [9.17, 15) is 9.59 Å². The van der Waals surface area contributed by atoms with Crippen LogP contribution in [0.1, 0.15) is 59.3 Å². The number of carbonyl (C=O) groups excluding carboxylic acids is 2. The van der Waals surface area contributed by atoms with Crippen LogP contribution in [-0.4, -0.2) is 31.4 Å². The summed E-state index contributed by atoms with van der Waals surface area (Å²) in [6.07, 6.45) is 14.7. The summed E-state index contributed by atoms with van der Waals surface area (Å²) in [7, 11) is 0. The lowest BCUT2D eigenvalue weighted by Gasteiger charge is -2.05. The highest BCUT2D eigenvalue weighted by atomic mass is 16.1. The molecule has 4 N–H and O–H groups in total. The third kappa shape index (κ3) is 38.1. The van der Waals surface area contributed by atoms with Gasteiger partial charge in [0.15, 0.2) is 0 Å². The molecule has 21 heavy (non-hydrogen) atoms. The highest BCUT2D eigenvalue weighted by Gasteiger charge is 1.99. The summed E-state index contributed by atoms with van der Waals surface area (Å²) in [5.41, 5.74) is 4.47. The summed E-state index contributed by atoms with van der Waals surface area (Å²) in [5, 5.41) is 6.08. The summed E-state index contributed by atoms with van der Waals surface area (Å²) in [6.45, 7) is 8.16. The van der Waals surface area contributed by atoms with E-state index in [0.29, 0.717) is 6.42 Å². The molecular formula is C16H33N3O2. The van der Waals surface area contributed by atoms with Crippen molar-refractivity contribution < 1.29 is 9.59 Å². The van der Waals surface area contributed by atoms with Gasteiger partial charge in [0, 0.05) is 26.4 Å². The molecule has 0 saturated heterocycles. The first kappa shape index (κ1) is 24.5. The maximum atomic E-state index is 11.3. The molecule has 5 heteroatoms. The number of amides is 2. The third-order valence-electron chi connectivity index (χ3n) is 2.38. The molecule has 0 aliphatic heterocycles. The summed E-state index contributed by atoms with van der Waals surface area (Å²) in [5.74, 6) is -0.135. The molecule has 0 unspecified atom stereocenters. The smallest absolute Gasteiger partial charge is 0.220 e. The predicted molar refractivity (Wildman–Crippen MR) is 89.7 cm³/mol. The number of nitrogens with two attached hydrogens (primary N) is 1. The first-order valence-corrected chi connectivity index (χ1v) is 7.61. The van der Waals surface area contributed by atoms with E-state index >= 15 is 0 Å². The fourth-order valence-corrected chi connectivity index (χ4v) is 1.44. The molecule has 0 fully saturated rings. The van der Waals surface area contributed by atoms with Gasteiger partial charge in [-0.1, -0.05) is 39.5 Å². The summed E-state index contributed by atoms with van der Waals surface area (Å²) in [4.78, 5) is 20.5. The van der Waals surface area contributed by atoms with Crippen LogP contribution >= 0.6 is 0 Å². The lowest BCUT2D eigenvalue weighted by Crippen LogP contribution is -2.31. The van der Waals surface area contributed by atoms with Crippen LogP contribution in [0.25, 0.3) is 0 Å². The molecule has 0 aliphatic carbocycles. The molecule has 0 aromatic rings. The van der Waals surface area contributed by atoms with Crippen LogP contribution in [0, 0.1) is 12.8 Å². The predicted octanol–water partition coefficient (Wildman–Crippen LogP) is 1.81. The second-order valence-electron chi connectivity index (χ2n) is 4.48. The van der Waals surface area contributed by atoms with Gasteiger partial charge >= 0.3 is 0 Å². The average molecular weight is 299 g/mol. The number of primary amides is 1. The van der Waals surface area contributed by atoms with Crippen molar-refractivity contribution in [2.45, 2.75) is 59.3 Å². The van der Waals surface area contributed by atoms with Crippen molar-refractivity contribution in [2.75, 3.05) is 19.6 Å². The van der Waals surface area contributed by atoms with Crippen molar-refractivity contribution >= 4 is 11.8 Å². The van der Waals surface area contributed by atoms with Crippen LogP contribution in [-0.2, 0) is 9.59 Å². The number of unbranched alkanes of at least 4 members (excludes halogenated alkanes) is 4. The molecule has 0 atom stereocenters. The minimum Gasteiger partial charge on any atom is -0.370 e. The van der Waals surface area contributed by atoms with E-state index in [4.69, 9.17) is 0 Å².